The van der Waals surface area contributed by atoms with Crippen molar-refractivity contribution in [3.05, 3.63) is 73.5 Å². The van der Waals surface area contributed by atoms with Crippen LogP contribution in [-0.4, -0.2) is 48.9 Å². The summed E-state index contributed by atoms with van der Waals surface area (Å²) in [5, 5.41) is 3.75. The third-order valence-electron chi connectivity index (χ3n) is 6.46. The van der Waals surface area contributed by atoms with E-state index in [2.05, 4.69) is 29.1 Å². The lowest BCUT2D eigenvalue weighted by atomic mass is 9.84. The number of carbonyl (C=O) groups excluding carboxylic acids is 2. The highest BCUT2D eigenvalue weighted by molar-refractivity contribution is 6.30. The van der Waals surface area contributed by atoms with Gasteiger partial charge in [-0.15, -0.1) is 0 Å². The van der Waals surface area contributed by atoms with Crippen LogP contribution in [-0.2, 0) is 24.9 Å². The van der Waals surface area contributed by atoms with Crippen molar-refractivity contribution in [2.24, 2.45) is 12.5 Å². The summed E-state index contributed by atoms with van der Waals surface area (Å²) in [4.78, 5) is 60.7. The van der Waals surface area contributed by atoms with E-state index in [0.717, 1.165) is 5.56 Å². The van der Waals surface area contributed by atoms with E-state index in [1.807, 2.05) is 0 Å². The minimum Gasteiger partial charge on any atom is -0.348 e. The number of fused-ring (bicyclic) bond motifs is 3. The number of halogens is 1. The molecule has 0 atom stereocenters. The van der Waals surface area contributed by atoms with Crippen LogP contribution in [0.15, 0.2) is 46.1 Å². The van der Waals surface area contributed by atoms with Crippen molar-refractivity contribution in [2.45, 2.75) is 26.9 Å². The third-order valence-corrected chi connectivity index (χ3v) is 6.72. The first-order valence-corrected chi connectivity index (χ1v) is 11.8. The summed E-state index contributed by atoms with van der Waals surface area (Å²) in [7, 11) is 1.59. The van der Waals surface area contributed by atoms with Crippen LogP contribution in [0.1, 0.15) is 29.8 Å². The normalized spacial score (nSPS) is 14.7. The molecule has 2 N–H and O–H groups in total. The smallest absolute Gasteiger partial charge is 0.326 e. The molecular weight excluding hydrogens is 484 g/mol. The van der Waals surface area contributed by atoms with Crippen LogP contribution < -0.4 is 16.6 Å². The van der Waals surface area contributed by atoms with Gasteiger partial charge in [-0.3, -0.25) is 23.5 Å². The number of aromatic nitrogens is 4. The van der Waals surface area contributed by atoms with Gasteiger partial charge in [0.15, 0.2) is 0 Å². The number of aryl methyl sites for hydroxylation is 1. The van der Waals surface area contributed by atoms with Crippen LogP contribution in [0.4, 0.5) is 0 Å². The summed E-state index contributed by atoms with van der Waals surface area (Å²) >= 11 is 5.92. The molecule has 0 bridgehead atoms. The standard InChI is InChI=1S/C25H25ClN6O4/c1-25(2)12-31(13-25)19(33)11-32-21-16(20-18(10-27-21)29-24(36)30(20)3)8-17(23(32)35)22(34)28-9-14-4-6-15(26)7-5-14/h4-8,10H,9,11-13H2,1-3H3,(H,28,34)(H,29,36). The Kier molecular flexibility index (Phi) is 5.71. The highest BCUT2D eigenvalue weighted by Crippen LogP contribution is 2.29. The molecule has 4 heterocycles. The molecule has 1 fully saturated rings. The summed E-state index contributed by atoms with van der Waals surface area (Å²) in [5.74, 6) is -0.832. The molecule has 0 saturated carbocycles. The number of hydrogen-bond donors (Lipinski definition) is 2. The number of imidazole rings is 1. The summed E-state index contributed by atoms with van der Waals surface area (Å²) in [6, 6.07) is 8.41. The Bertz CT molecular complexity index is 1640. The minimum absolute atomic E-state index is 0.0277. The van der Waals surface area contributed by atoms with Crippen molar-refractivity contribution in [3.63, 3.8) is 0 Å². The number of nitrogens with one attached hydrogen (secondary N) is 2. The first-order chi connectivity index (χ1) is 17.0. The SMILES string of the molecule is Cn1c(=O)[nH]c2cnc3c(cc(C(=O)NCc4ccc(Cl)cc4)c(=O)n3CC(=O)N3CC(C)(C)C3)c21. The topological polar surface area (TPSA) is 122 Å². The molecule has 0 aliphatic carbocycles. The third kappa shape index (κ3) is 4.17. The van der Waals surface area contributed by atoms with Crippen molar-refractivity contribution in [3.8, 4) is 0 Å². The second-order valence-corrected chi connectivity index (χ2v) is 10.4. The second kappa shape index (κ2) is 8.63. The molecule has 10 nitrogen and oxygen atoms in total. The van der Waals surface area contributed by atoms with Gasteiger partial charge in [-0.2, -0.15) is 0 Å². The lowest BCUT2D eigenvalue weighted by molar-refractivity contribution is -0.142. The zero-order valence-corrected chi connectivity index (χ0v) is 20.8. The number of rotatable bonds is 5. The molecule has 186 valence electrons. The van der Waals surface area contributed by atoms with Crippen LogP contribution in [0.25, 0.3) is 22.1 Å². The highest BCUT2D eigenvalue weighted by Gasteiger charge is 2.37. The monoisotopic (exact) mass is 508 g/mol. The van der Waals surface area contributed by atoms with Gasteiger partial charge >= 0.3 is 5.69 Å². The summed E-state index contributed by atoms with van der Waals surface area (Å²) in [6.07, 6.45) is 1.45. The van der Waals surface area contributed by atoms with Crippen molar-refractivity contribution < 1.29 is 9.59 Å². The molecule has 1 aliphatic rings. The molecule has 1 aromatic carbocycles. The molecule has 1 aliphatic heterocycles. The molecule has 3 aromatic heterocycles. The maximum Gasteiger partial charge on any atom is 0.326 e. The van der Waals surface area contributed by atoms with E-state index in [-0.39, 0.29) is 41.3 Å². The van der Waals surface area contributed by atoms with Crippen LogP contribution >= 0.6 is 11.6 Å². The average molecular weight is 509 g/mol. The number of carbonyl (C=O) groups is 2. The van der Waals surface area contributed by atoms with Gasteiger partial charge in [0, 0.05) is 37.1 Å². The number of likely N-dealkylation sites (tertiary alicyclic amines) is 1. The largest absolute Gasteiger partial charge is 0.348 e. The predicted molar refractivity (Wildman–Crippen MR) is 136 cm³/mol. The van der Waals surface area contributed by atoms with E-state index < -0.39 is 11.5 Å². The van der Waals surface area contributed by atoms with Crippen LogP contribution in [0, 0.1) is 5.41 Å². The fourth-order valence-corrected chi connectivity index (χ4v) is 4.77. The zero-order valence-electron chi connectivity index (χ0n) is 20.1. The highest BCUT2D eigenvalue weighted by atomic mass is 35.5. The molecule has 0 radical (unpaired) electrons. The molecule has 0 spiro atoms. The maximum absolute atomic E-state index is 13.5. The average Bonchev–Trinajstić information content (AvgIpc) is 3.11. The lowest BCUT2D eigenvalue weighted by Gasteiger charge is -2.45. The van der Waals surface area contributed by atoms with Crippen LogP contribution in [0.3, 0.4) is 0 Å². The van der Waals surface area contributed by atoms with Gasteiger partial charge in [0.25, 0.3) is 11.5 Å². The molecule has 1 saturated heterocycles. The fraction of sp³-hybridized carbons (Fsp3) is 0.320. The van der Waals surface area contributed by atoms with Gasteiger partial charge in [0.1, 0.15) is 17.8 Å². The Morgan fingerprint density at radius 1 is 1.17 bits per heavy atom. The predicted octanol–water partition coefficient (Wildman–Crippen LogP) is 2.03. The van der Waals surface area contributed by atoms with Gasteiger partial charge < -0.3 is 15.2 Å². The van der Waals surface area contributed by atoms with E-state index in [1.165, 1.54) is 21.4 Å². The van der Waals surface area contributed by atoms with Crippen molar-refractivity contribution in [2.75, 3.05) is 13.1 Å². The molecule has 36 heavy (non-hydrogen) atoms. The molecule has 2 amide bonds. The number of pyridine rings is 2. The molecule has 0 unspecified atom stereocenters. The molecular formula is C25H25ClN6O4. The van der Waals surface area contributed by atoms with E-state index in [1.54, 1.807) is 36.2 Å². The number of benzene rings is 1. The Labute approximate surface area is 210 Å². The van der Waals surface area contributed by atoms with Gasteiger partial charge in [-0.25, -0.2) is 9.78 Å². The van der Waals surface area contributed by atoms with Crippen molar-refractivity contribution >= 4 is 45.5 Å². The Morgan fingerprint density at radius 2 is 1.86 bits per heavy atom. The number of nitrogens with zero attached hydrogens (tertiary/aromatic N) is 4. The molecule has 4 aromatic rings. The summed E-state index contributed by atoms with van der Waals surface area (Å²) in [5.41, 5.74) is 0.884. The summed E-state index contributed by atoms with van der Waals surface area (Å²) in [6.45, 7) is 5.22. The number of H-pyrrole nitrogens is 1. The Balaban J connectivity index is 1.59. The maximum atomic E-state index is 13.5. The van der Waals surface area contributed by atoms with Crippen LogP contribution in [0.5, 0.6) is 0 Å². The van der Waals surface area contributed by atoms with Crippen molar-refractivity contribution in [1.82, 2.24) is 29.3 Å². The fourth-order valence-electron chi connectivity index (χ4n) is 4.64. The minimum atomic E-state index is -0.628. The Hall–Kier alpha value is -3.92. The number of amides is 2. The number of aromatic amines is 1. The van der Waals surface area contributed by atoms with E-state index in [9.17, 15) is 19.2 Å². The molecule has 5 rings (SSSR count). The van der Waals surface area contributed by atoms with Gasteiger partial charge in [0.2, 0.25) is 5.91 Å². The Morgan fingerprint density at radius 3 is 2.53 bits per heavy atom. The quantitative estimate of drug-likeness (QED) is 0.427. The van der Waals surface area contributed by atoms with Gasteiger partial charge in [0.05, 0.1) is 17.2 Å². The van der Waals surface area contributed by atoms with Gasteiger partial charge in [-0.1, -0.05) is 37.6 Å². The van der Waals surface area contributed by atoms with E-state index >= 15 is 0 Å². The first kappa shape index (κ1) is 23.8. The van der Waals surface area contributed by atoms with Crippen molar-refractivity contribution in [1.29, 1.82) is 0 Å². The first-order valence-electron chi connectivity index (χ1n) is 11.5. The summed E-state index contributed by atoms with van der Waals surface area (Å²) < 4.78 is 2.61. The molecule has 11 heteroatoms. The van der Waals surface area contributed by atoms with Gasteiger partial charge in [-0.05, 0) is 29.2 Å². The zero-order chi connectivity index (χ0) is 25.8. The van der Waals surface area contributed by atoms with E-state index in [4.69, 9.17) is 11.6 Å². The van der Waals surface area contributed by atoms with E-state index in [0.29, 0.717) is 34.5 Å². The lowest BCUT2D eigenvalue weighted by Crippen LogP contribution is -2.56. The number of hydrogen-bond acceptors (Lipinski definition) is 5. The second-order valence-electron chi connectivity index (χ2n) is 9.92. The van der Waals surface area contributed by atoms with Crippen LogP contribution in [0.2, 0.25) is 5.02 Å².